The van der Waals surface area contributed by atoms with Gasteiger partial charge in [-0.05, 0) is 37.9 Å². The van der Waals surface area contributed by atoms with Crippen LogP contribution in [-0.4, -0.2) is 43.3 Å². The molecule has 1 aromatic carbocycles. The minimum Gasteiger partial charge on any atom is -0.352 e. The zero-order valence-electron chi connectivity index (χ0n) is 17.4. The van der Waals surface area contributed by atoms with Gasteiger partial charge in [-0.25, -0.2) is 9.78 Å². The zero-order chi connectivity index (χ0) is 22.0. The summed E-state index contributed by atoms with van der Waals surface area (Å²) in [6.07, 6.45) is 4.51. The van der Waals surface area contributed by atoms with E-state index in [1.165, 1.54) is 7.05 Å². The van der Waals surface area contributed by atoms with E-state index in [0.29, 0.717) is 30.6 Å². The number of carbonyl (C=O) groups excluding carboxylic acids is 1. The molecule has 0 bridgehead atoms. The Bertz CT molecular complexity index is 1220. The molecule has 1 amide bonds. The summed E-state index contributed by atoms with van der Waals surface area (Å²) in [6.45, 7) is 1.03. The van der Waals surface area contributed by atoms with Crippen LogP contribution in [0.5, 0.6) is 0 Å². The van der Waals surface area contributed by atoms with Crippen molar-refractivity contribution >= 4 is 17.1 Å². The highest BCUT2D eigenvalue weighted by Crippen LogP contribution is 2.29. The van der Waals surface area contributed by atoms with Crippen molar-refractivity contribution in [2.45, 2.75) is 38.1 Å². The largest absolute Gasteiger partial charge is 0.352 e. The summed E-state index contributed by atoms with van der Waals surface area (Å²) >= 11 is 0. The molecule has 3 N–H and O–H groups in total. The maximum absolute atomic E-state index is 12.7. The number of benzene rings is 1. The van der Waals surface area contributed by atoms with Crippen molar-refractivity contribution < 1.29 is 4.79 Å². The van der Waals surface area contributed by atoms with E-state index in [-0.39, 0.29) is 28.9 Å². The van der Waals surface area contributed by atoms with Crippen molar-refractivity contribution in [3.63, 3.8) is 0 Å². The summed E-state index contributed by atoms with van der Waals surface area (Å²) in [4.78, 5) is 42.0. The predicted octanol–water partition coefficient (Wildman–Crippen LogP) is 0.746. The van der Waals surface area contributed by atoms with Crippen molar-refractivity contribution in [2.24, 2.45) is 12.8 Å². The van der Waals surface area contributed by atoms with Gasteiger partial charge in [0.15, 0.2) is 17.0 Å². The number of fused-ring (bicyclic) bond motifs is 1. The Hall–Kier alpha value is -3.40. The van der Waals surface area contributed by atoms with Crippen molar-refractivity contribution in [2.75, 3.05) is 13.1 Å². The lowest BCUT2D eigenvalue weighted by molar-refractivity contribution is 0.0953. The molecule has 10 heteroatoms. The molecule has 0 saturated heterocycles. The molecule has 0 atom stereocenters. The highest BCUT2D eigenvalue weighted by Gasteiger charge is 2.24. The van der Waals surface area contributed by atoms with Gasteiger partial charge in [0.1, 0.15) is 0 Å². The van der Waals surface area contributed by atoms with Gasteiger partial charge in [0, 0.05) is 30.8 Å². The highest BCUT2D eigenvalue weighted by molar-refractivity contribution is 5.94. The van der Waals surface area contributed by atoms with E-state index in [9.17, 15) is 14.4 Å². The number of aromatic nitrogens is 5. The Morgan fingerprint density at radius 1 is 1.16 bits per heavy atom. The van der Waals surface area contributed by atoms with Gasteiger partial charge in [-0.2, -0.15) is 0 Å². The Kier molecular flexibility index (Phi) is 5.90. The van der Waals surface area contributed by atoms with Gasteiger partial charge in [0.05, 0.1) is 0 Å². The summed E-state index contributed by atoms with van der Waals surface area (Å²) < 4.78 is 2.64. The van der Waals surface area contributed by atoms with Crippen LogP contribution in [0, 0.1) is 0 Å². The molecule has 0 unspecified atom stereocenters. The number of carbonyl (C=O) groups is 1. The third kappa shape index (κ3) is 3.98. The first-order chi connectivity index (χ1) is 15.0. The quantitative estimate of drug-likeness (QED) is 0.558. The lowest BCUT2D eigenvalue weighted by Crippen LogP contribution is -2.40. The molecule has 4 rings (SSSR count). The van der Waals surface area contributed by atoms with E-state index >= 15 is 0 Å². The lowest BCUT2D eigenvalue weighted by Gasteiger charge is -2.16. The molecular weight excluding hydrogens is 398 g/mol. The Morgan fingerprint density at radius 2 is 1.87 bits per heavy atom. The van der Waals surface area contributed by atoms with Gasteiger partial charge in [0.25, 0.3) is 11.5 Å². The van der Waals surface area contributed by atoms with E-state index in [1.54, 1.807) is 28.8 Å². The molecule has 0 spiro atoms. The normalized spacial score (nSPS) is 14.3. The van der Waals surface area contributed by atoms with Crippen LogP contribution >= 0.6 is 0 Å². The summed E-state index contributed by atoms with van der Waals surface area (Å²) in [5.74, 6) is 0.0725. The van der Waals surface area contributed by atoms with Gasteiger partial charge in [-0.1, -0.05) is 25.0 Å². The fraction of sp³-hybridized carbons (Fsp3) is 0.429. The van der Waals surface area contributed by atoms with Crippen LogP contribution in [0.25, 0.3) is 22.6 Å². The van der Waals surface area contributed by atoms with Gasteiger partial charge in [0.2, 0.25) is 0 Å². The van der Waals surface area contributed by atoms with Crippen LogP contribution in [0.4, 0.5) is 0 Å². The van der Waals surface area contributed by atoms with Crippen LogP contribution in [0.15, 0.2) is 33.9 Å². The average molecular weight is 423 g/mol. The smallest absolute Gasteiger partial charge is 0.332 e. The third-order valence-electron chi connectivity index (χ3n) is 5.66. The molecule has 0 aliphatic heterocycles. The number of hydrogen-bond acceptors (Lipinski definition) is 7. The standard InChI is InChI=1S/C21H25N7O3/c1-27-20(30)16-18(28(21(27)31)15-5-2-3-6-15)26-25-17(24-16)13-7-9-14(10-8-13)19(29)23-12-4-11-22/h7-10,15H,2-6,11-12,22H2,1H3,(H,23,29). The first kappa shape index (κ1) is 20.9. The Labute approximate surface area is 178 Å². The van der Waals surface area contributed by atoms with Crippen LogP contribution in [0.1, 0.15) is 48.5 Å². The van der Waals surface area contributed by atoms with Crippen molar-refractivity contribution in [3.05, 3.63) is 50.7 Å². The molecule has 0 radical (unpaired) electrons. The molecule has 162 valence electrons. The molecule has 2 aromatic heterocycles. The summed E-state index contributed by atoms with van der Waals surface area (Å²) in [7, 11) is 1.45. The molecule has 2 heterocycles. The fourth-order valence-electron chi connectivity index (χ4n) is 3.91. The van der Waals surface area contributed by atoms with E-state index in [2.05, 4.69) is 20.5 Å². The van der Waals surface area contributed by atoms with Gasteiger partial charge in [-0.15, -0.1) is 10.2 Å². The molecule has 1 aliphatic carbocycles. The molecule has 1 aliphatic rings. The number of hydrogen-bond donors (Lipinski definition) is 2. The van der Waals surface area contributed by atoms with Crippen LogP contribution < -0.4 is 22.3 Å². The second kappa shape index (κ2) is 8.76. The van der Waals surface area contributed by atoms with Crippen molar-refractivity contribution in [1.82, 2.24) is 29.6 Å². The first-order valence-corrected chi connectivity index (χ1v) is 10.5. The summed E-state index contributed by atoms with van der Waals surface area (Å²) in [5.41, 5.74) is 6.00. The summed E-state index contributed by atoms with van der Waals surface area (Å²) in [6, 6.07) is 6.74. The molecular formula is C21H25N7O3. The molecule has 1 saturated carbocycles. The molecule has 31 heavy (non-hydrogen) atoms. The zero-order valence-corrected chi connectivity index (χ0v) is 17.4. The van der Waals surface area contributed by atoms with Crippen LogP contribution in [0.2, 0.25) is 0 Å². The van der Waals surface area contributed by atoms with Gasteiger partial charge >= 0.3 is 5.69 Å². The first-order valence-electron chi connectivity index (χ1n) is 10.5. The summed E-state index contributed by atoms with van der Waals surface area (Å²) in [5, 5.41) is 11.2. The molecule has 3 aromatic rings. The second-order valence-electron chi connectivity index (χ2n) is 7.74. The van der Waals surface area contributed by atoms with Crippen LogP contribution in [-0.2, 0) is 7.05 Å². The second-order valence-corrected chi connectivity index (χ2v) is 7.74. The predicted molar refractivity (Wildman–Crippen MR) is 116 cm³/mol. The topological polar surface area (TPSA) is 138 Å². The maximum atomic E-state index is 12.7. The van der Waals surface area contributed by atoms with Crippen LogP contribution in [0.3, 0.4) is 0 Å². The number of amides is 1. The third-order valence-corrected chi connectivity index (χ3v) is 5.66. The number of nitrogens with two attached hydrogens (primary N) is 1. The molecule has 10 nitrogen and oxygen atoms in total. The Morgan fingerprint density at radius 3 is 2.55 bits per heavy atom. The van der Waals surface area contributed by atoms with Crippen molar-refractivity contribution in [1.29, 1.82) is 0 Å². The molecule has 1 fully saturated rings. The fourth-order valence-corrected chi connectivity index (χ4v) is 3.91. The van der Waals surface area contributed by atoms with E-state index < -0.39 is 11.2 Å². The highest BCUT2D eigenvalue weighted by atomic mass is 16.2. The number of rotatable bonds is 6. The number of nitrogens with zero attached hydrogens (tertiary/aromatic N) is 5. The minimum absolute atomic E-state index is 0.000756. The minimum atomic E-state index is -0.499. The van der Waals surface area contributed by atoms with Gasteiger partial charge in [-0.3, -0.25) is 18.7 Å². The number of nitrogens with one attached hydrogen (secondary N) is 1. The van der Waals surface area contributed by atoms with E-state index in [0.717, 1.165) is 30.3 Å². The SMILES string of the molecule is Cn1c(=O)c2nc(-c3ccc(C(=O)NCCCN)cc3)nnc2n(C2CCCC2)c1=O. The van der Waals surface area contributed by atoms with Gasteiger partial charge < -0.3 is 11.1 Å². The maximum Gasteiger partial charge on any atom is 0.332 e. The lowest BCUT2D eigenvalue weighted by atomic mass is 10.1. The average Bonchev–Trinajstić information content (AvgIpc) is 3.32. The van der Waals surface area contributed by atoms with Crippen molar-refractivity contribution in [3.8, 4) is 11.4 Å². The Balaban J connectivity index is 1.70. The monoisotopic (exact) mass is 423 g/mol. The van der Waals surface area contributed by atoms with E-state index in [1.807, 2.05) is 0 Å². The van der Waals surface area contributed by atoms with E-state index in [4.69, 9.17) is 5.73 Å².